The number of sulfonamides is 1. The zero-order chi connectivity index (χ0) is 17.3. The predicted octanol–water partition coefficient (Wildman–Crippen LogP) is 3.17. The van der Waals surface area contributed by atoms with Crippen LogP contribution in [0.4, 0.5) is 0 Å². The number of fused-ring (bicyclic) bond motifs is 2. The van der Waals surface area contributed by atoms with Gasteiger partial charge in [-0.15, -0.1) is 0 Å². The highest BCUT2D eigenvalue weighted by atomic mass is 32.2. The first-order valence-corrected chi connectivity index (χ1v) is 9.33. The highest BCUT2D eigenvalue weighted by Crippen LogP contribution is 2.45. The second kappa shape index (κ2) is 6.28. The van der Waals surface area contributed by atoms with Gasteiger partial charge < -0.3 is 4.74 Å². The number of nitrogens with one attached hydrogen (secondary N) is 1. The molecule has 0 atom stereocenters. The molecule has 1 N–H and O–H groups in total. The molecule has 1 aliphatic rings. The van der Waals surface area contributed by atoms with Crippen molar-refractivity contribution in [1.82, 2.24) is 4.72 Å². The van der Waals surface area contributed by atoms with Crippen molar-refractivity contribution in [1.29, 1.82) is 0 Å². The number of carbonyl (C=O) groups excluding carboxylic acids is 1. The summed E-state index contributed by atoms with van der Waals surface area (Å²) in [5.41, 5.74) is 1.77. The van der Waals surface area contributed by atoms with Crippen molar-refractivity contribution in [2.75, 3.05) is 0 Å². The molecule has 5 nitrogen and oxygen atoms in total. The van der Waals surface area contributed by atoms with Crippen LogP contribution < -0.4 is 9.46 Å². The minimum atomic E-state index is -3.63. The zero-order valence-corrected chi connectivity index (χ0v) is 14.3. The summed E-state index contributed by atoms with van der Waals surface area (Å²) in [5, 5.41) is -0.657. The average Bonchev–Trinajstić information content (AvgIpc) is 2.54. The number of amides is 1. The van der Waals surface area contributed by atoms with Crippen molar-refractivity contribution in [3.05, 3.63) is 59.7 Å². The summed E-state index contributed by atoms with van der Waals surface area (Å²) < 4.78 is 31.9. The lowest BCUT2D eigenvalue weighted by atomic mass is 9.85. The van der Waals surface area contributed by atoms with Crippen LogP contribution in [-0.2, 0) is 14.8 Å². The molecular formula is C18H19NO4S. The topological polar surface area (TPSA) is 72.5 Å². The van der Waals surface area contributed by atoms with Crippen LogP contribution in [0.3, 0.4) is 0 Å². The molecule has 1 heterocycles. The van der Waals surface area contributed by atoms with E-state index in [1.54, 1.807) is 0 Å². The number of rotatable bonds is 4. The molecule has 0 aromatic heterocycles. The fourth-order valence-electron chi connectivity index (χ4n) is 2.73. The summed E-state index contributed by atoms with van der Waals surface area (Å²) in [6.45, 7) is 3.07. The van der Waals surface area contributed by atoms with Crippen LogP contribution in [-0.4, -0.2) is 19.6 Å². The molecule has 3 rings (SSSR count). The normalized spacial score (nSPS) is 13.8. The van der Waals surface area contributed by atoms with Gasteiger partial charge in [0.1, 0.15) is 11.5 Å². The Morgan fingerprint density at radius 3 is 2.04 bits per heavy atom. The first-order chi connectivity index (χ1) is 11.4. The largest absolute Gasteiger partial charge is 0.457 e. The van der Waals surface area contributed by atoms with Crippen LogP contribution in [0, 0.1) is 0 Å². The van der Waals surface area contributed by atoms with Crippen LogP contribution >= 0.6 is 0 Å². The van der Waals surface area contributed by atoms with Gasteiger partial charge in [0.15, 0.2) is 0 Å². The van der Waals surface area contributed by atoms with E-state index in [1.807, 2.05) is 48.5 Å². The van der Waals surface area contributed by atoms with Crippen LogP contribution in [0.25, 0.3) is 0 Å². The smallest absolute Gasteiger partial charge is 0.237 e. The lowest BCUT2D eigenvalue weighted by molar-refractivity contribution is -0.119. The monoisotopic (exact) mass is 345 g/mol. The lowest BCUT2D eigenvalue weighted by Crippen LogP contribution is -2.36. The summed E-state index contributed by atoms with van der Waals surface area (Å²) in [6.07, 6.45) is 0.0450. The minimum absolute atomic E-state index is 0.0450. The Hall–Kier alpha value is -2.34. The number of carbonyl (C=O) groups is 1. The Morgan fingerprint density at radius 1 is 1.04 bits per heavy atom. The highest BCUT2D eigenvalue weighted by molar-refractivity contribution is 7.90. The van der Waals surface area contributed by atoms with E-state index in [-0.39, 0.29) is 12.3 Å². The number of hydrogen-bond donors (Lipinski definition) is 1. The fourth-order valence-corrected chi connectivity index (χ4v) is 3.37. The summed E-state index contributed by atoms with van der Waals surface area (Å²) >= 11 is 0. The van der Waals surface area contributed by atoms with E-state index >= 15 is 0 Å². The molecule has 0 spiro atoms. The van der Waals surface area contributed by atoms with Gasteiger partial charge in [-0.05, 0) is 26.0 Å². The van der Waals surface area contributed by atoms with Gasteiger partial charge in [-0.1, -0.05) is 36.4 Å². The molecule has 0 unspecified atom stereocenters. The minimum Gasteiger partial charge on any atom is -0.457 e. The highest BCUT2D eigenvalue weighted by Gasteiger charge is 2.30. The van der Waals surface area contributed by atoms with E-state index in [0.29, 0.717) is 11.5 Å². The van der Waals surface area contributed by atoms with Crippen LogP contribution in [0.5, 0.6) is 11.5 Å². The van der Waals surface area contributed by atoms with Crippen molar-refractivity contribution in [2.24, 2.45) is 0 Å². The van der Waals surface area contributed by atoms with Gasteiger partial charge in [-0.3, -0.25) is 9.52 Å². The molecule has 1 amide bonds. The maximum atomic E-state index is 12.3. The van der Waals surface area contributed by atoms with Gasteiger partial charge in [0, 0.05) is 23.5 Å². The number of para-hydroxylation sites is 2. The predicted molar refractivity (Wildman–Crippen MR) is 91.6 cm³/mol. The number of hydrogen-bond acceptors (Lipinski definition) is 4. The molecule has 2 aromatic carbocycles. The summed E-state index contributed by atoms with van der Waals surface area (Å²) in [7, 11) is -3.63. The SMILES string of the molecule is CC(C)S(=O)(=O)NC(=O)CC1c2ccccc2Oc2ccccc21. The van der Waals surface area contributed by atoms with Gasteiger partial charge in [0.25, 0.3) is 0 Å². The molecular weight excluding hydrogens is 326 g/mol. The zero-order valence-electron chi connectivity index (χ0n) is 13.5. The third kappa shape index (κ3) is 3.14. The second-order valence-electron chi connectivity index (χ2n) is 6.05. The molecule has 0 bridgehead atoms. The summed E-state index contributed by atoms with van der Waals surface area (Å²) in [5.74, 6) is 0.634. The maximum Gasteiger partial charge on any atom is 0.237 e. The van der Waals surface area contributed by atoms with Crippen molar-refractivity contribution in [3.63, 3.8) is 0 Å². The Bertz CT molecular complexity index is 829. The summed E-state index contributed by atoms with van der Waals surface area (Å²) in [4.78, 5) is 12.3. The molecule has 0 saturated heterocycles. The Kier molecular flexibility index (Phi) is 4.32. The van der Waals surface area contributed by atoms with Gasteiger partial charge in [0.2, 0.25) is 15.9 Å². The fraction of sp³-hybridized carbons (Fsp3) is 0.278. The van der Waals surface area contributed by atoms with Crippen molar-refractivity contribution < 1.29 is 17.9 Å². The summed E-state index contributed by atoms with van der Waals surface area (Å²) in [6, 6.07) is 15.0. The van der Waals surface area contributed by atoms with Gasteiger partial charge in [-0.25, -0.2) is 8.42 Å². The van der Waals surface area contributed by atoms with Crippen LogP contribution in [0.2, 0.25) is 0 Å². The first-order valence-electron chi connectivity index (χ1n) is 7.78. The number of ether oxygens (including phenoxy) is 1. The van der Waals surface area contributed by atoms with Crippen molar-refractivity contribution >= 4 is 15.9 Å². The van der Waals surface area contributed by atoms with E-state index in [1.165, 1.54) is 13.8 Å². The van der Waals surface area contributed by atoms with Crippen molar-refractivity contribution in [3.8, 4) is 11.5 Å². The molecule has 126 valence electrons. The molecule has 6 heteroatoms. The van der Waals surface area contributed by atoms with Gasteiger partial charge in [0.05, 0.1) is 5.25 Å². The molecule has 2 aromatic rings. The van der Waals surface area contributed by atoms with Crippen LogP contribution in [0.15, 0.2) is 48.5 Å². The van der Waals surface area contributed by atoms with Gasteiger partial charge in [-0.2, -0.15) is 0 Å². The second-order valence-corrected chi connectivity index (χ2v) is 8.29. The maximum absolute atomic E-state index is 12.3. The molecule has 1 aliphatic heterocycles. The first kappa shape index (κ1) is 16.5. The average molecular weight is 345 g/mol. The lowest BCUT2D eigenvalue weighted by Gasteiger charge is -2.27. The molecule has 0 saturated carbocycles. The molecule has 24 heavy (non-hydrogen) atoms. The Morgan fingerprint density at radius 2 is 1.54 bits per heavy atom. The van der Waals surface area contributed by atoms with E-state index < -0.39 is 21.2 Å². The van der Waals surface area contributed by atoms with E-state index in [4.69, 9.17) is 4.74 Å². The van der Waals surface area contributed by atoms with E-state index in [0.717, 1.165) is 11.1 Å². The third-order valence-electron chi connectivity index (χ3n) is 4.07. The van der Waals surface area contributed by atoms with Gasteiger partial charge >= 0.3 is 0 Å². The molecule has 0 aliphatic carbocycles. The Balaban J connectivity index is 1.92. The molecule has 0 fully saturated rings. The molecule has 0 radical (unpaired) electrons. The van der Waals surface area contributed by atoms with E-state index in [2.05, 4.69) is 4.72 Å². The van der Waals surface area contributed by atoms with Crippen molar-refractivity contribution in [2.45, 2.75) is 31.4 Å². The standard InChI is InChI=1S/C18H19NO4S/c1-12(2)24(21,22)19-18(20)11-15-13-7-3-5-9-16(13)23-17-10-6-4-8-14(15)17/h3-10,12,15H,11H2,1-2H3,(H,19,20). The van der Waals surface area contributed by atoms with Crippen LogP contribution in [0.1, 0.15) is 37.3 Å². The quantitative estimate of drug-likeness (QED) is 0.924. The number of benzene rings is 2. The van der Waals surface area contributed by atoms with E-state index in [9.17, 15) is 13.2 Å². The Labute approximate surface area is 141 Å². The third-order valence-corrected chi connectivity index (χ3v) is 5.83.